The van der Waals surface area contributed by atoms with Gasteiger partial charge in [-0.1, -0.05) is 178 Å². The van der Waals surface area contributed by atoms with Crippen LogP contribution in [-0.4, -0.2) is 0 Å². The van der Waals surface area contributed by atoms with Crippen molar-refractivity contribution in [2.45, 2.75) is 19.3 Å². The summed E-state index contributed by atoms with van der Waals surface area (Å²) in [4.78, 5) is 0. The molecule has 1 nitrogen and oxygen atoms in total. The summed E-state index contributed by atoms with van der Waals surface area (Å²) in [5, 5.41) is 12.4. The molecule has 0 fully saturated rings. The second-order valence-corrected chi connectivity index (χ2v) is 16.0. The van der Waals surface area contributed by atoms with Crippen molar-refractivity contribution < 1.29 is 4.42 Å². The molecule has 1 heteroatoms. The number of rotatable bonds is 3. The highest BCUT2D eigenvalue weighted by Gasteiger charge is 2.38. The molecule has 0 bridgehead atoms. The molecule has 0 saturated carbocycles. The fraction of sp³-hybridized carbons (Fsp3) is 0.0545. The van der Waals surface area contributed by atoms with Crippen molar-refractivity contribution in [2.24, 2.45) is 0 Å². The first-order valence-electron chi connectivity index (χ1n) is 19.6. The highest BCUT2D eigenvalue weighted by atomic mass is 16.3. The largest absolute Gasteiger partial charge is 0.456 e. The summed E-state index contributed by atoms with van der Waals surface area (Å²) in [7, 11) is 0. The fourth-order valence-corrected chi connectivity index (χ4v) is 10.3. The van der Waals surface area contributed by atoms with E-state index in [4.69, 9.17) is 4.42 Å². The maximum absolute atomic E-state index is 6.41. The first-order chi connectivity index (χ1) is 27.5. The van der Waals surface area contributed by atoms with Crippen LogP contribution >= 0.6 is 0 Å². The minimum atomic E-state index is -0.137. The Labute approximate surface area is 325 Å². The van der Waals surface area contributed by atoms with E-state index in [0.717, 1.165) is 16.6 Å². The van der Waals surface area contributed by atoms with Crippen molar-refractivity contribution in [1.29, 1.82) is 0 Å². The van der Waals surface area contributed by atoms with E-state index in [1.165, 1.54) is 104 Å². The van der Waals surface area contributed by atoms with Gasteiger partial charge < -0.3 is 4.42 Å². The zero-order valence-electron chi connectivity index (χ0n) is 31.2. The molecular formula is C55H36O. The maximum atomic E-state index is 6.41. The van der Waals surface area contributed by atoms with Gasteiger partial charge in [-0.25, -0.2) is 0 Å². The Bertz CT molecular complexity index is 3370. The average Bonchev–Trinajstić information content (AvgIpc) is 3.74. The van der Waals surface area contributed by atoms with Crippen LogP contribution in [0.2, 0.25) is 0 Å². The van der Waals surface area contributed by atoms with Gasteiger partial charge in [-0.2, -0.15) is 0 Å². The quantitative estimate of drug-likeness (QED) is 0.166. The number of fused-ring (bicyclic) bond motifs is 12. The molecular weight excluding hydrogens is 677 g/mol. The Morgan fingerprint density at radius 2 is 0.839 bits per heavy atom. The van der Waals surface area contributed by atoms with Gasteiger partial charge in [-0.15, -0.1) is 0 Å². The molecule has 0 unspecified atom stereocenters. The summed E-state index contributed by atoms with van der Waals surface area (Å²) < 4.78 is 6.41. The van der Waals surface area contributed by atoms with Crippen LogP contribution in [0.1, 0.15) is 25.0 Å². The maximum Gasteiger partial charge on any atom is 0.136 e. The third-order valence-electron chi connectivity index (χ3n) is 12.6. The zero-order chi connectivity index (χ0) is 37.1. The van der Waals surface area contributed by atoms with E-state index in [1.807, 2.05) is 0 Å². The van der Waals surface area contributed by atoms with E-state index in [-0.39, 0.29) is 5.41 Å². The van der Waals surface area contributed by atoms with Crippen LogP contribution in [0.15, 0.2) is 186 Å². The lowest BCUT2D eigenvalue weighted by Crippen LogP contribution is -2.16. The second-order valence-electron chi connectivity index (χ2n) is 16.0. The number of hydrogen-bond acceptors (Lipinski definition) is 1. The summed E-state index contributed by atoms with van der Waals surface area (Å²) >= 11 is 0. The van der Waals surface area contributed by atoms with Crippen LogP contribution in [0, 0.1) is 0 Å². The minimum absolute atomic E-state index is 0.137. The van der Waals surface area contributed by atoms with Crippen molar-refractivity contribution in [3.05, 3.63) is 193 Å². The van der Waals surface area contributed by atoms with Gasteiger partial charge in [-0.05, 0) is 117 Å². The van der Waals surface area contributed by atoms with E-state index in [0.29, 0.717) is 0 Å². The molecule has 0 atom stereocenters. The second kappa shape index (κ2) is 11.5. The molecule has 56 heavy (non-hydrogen) atoms. The van der Waals surface area contributed by atoms with Crippen molar-refractivity contribution >= 4 is 65.0 Å². The lowest BCUT2D eigenvalue weighted by atomic mass is 9.77. The summed E-state index contributed by atoms with van der Waals surface area (Å²) in [6.45, 7) is 4.80. The van der Waals surface area contributed by atoms with E-state index in [9.17, 15) is 0 Å². The summed E-state index contributed by atoms with van der Waals surface area (Å²) in [6.07, 6.45) is 0. The van der Waals surface area contributed by atoms with Gasteiger partial charge in [0.25, 0.3) is 0 Å². The van der Waals surface area contributed by atoms with Gasteiger partial charge in [0.15, 0.2) is 0 Å². The topological polar surface area (TPSA) is 13.1 Å². The number of furan rings is 1. The molecule has 12 rings (SSSR count). The first kappa shape index (κ1) is 31.4. The van der Waals surface area contributed by atoms with E-state index in [2.05, 4.69) is 196 Å². The van der Waals surface area contributed by atoms with Gasteiger partial charge in [0, 0.05) is 16.2 Å². The highest BCUT2D eigenvalue weighted by molar-refractivity contribution is 6.23. The van der Waals surface area contributed by atoms with E-state index < -0.39 is 0 Å². The predicted octanol–water partition coefficient (Wildman–Crippen LogP) is 15.5. The Hall–Kier alpha value is -6.96. The third kappa shape index (κ3) is 4.31. The molecule has 11 aromatic rings. The van der Waals surface area contributed by atoms with E-state index in [1.54, 1.807) is 0 Å². The first-order valence-corrected chi connectivity index (χ1v) is 19.6. The van der Waals surface area contributed by atoms with Crippen LogP contribution in [-0.2, 0) is 5.41 Å². The summed E-state index contributed by atoms with van der Waals surface area (Å²) in [6, 6.07) is 67.1. The van der Waals surface area contributed by atoms with Gasteiger partial charge in [0.1, 0.15) is 11.2 Å². The Morgan fingerprint density at radius 1 is 0.339 bits per heavy atom. The molecule has 0 spiro atoms. The Kier molecular flexibility index (Phi) is 6.46. The molecule has 1 aliphatic carbocycles. The average molecular weight is 713 g/mol. The monoisotopic (exact) mass is 712 g/mol. The molecule has 0 aliphatic heterocycles. The van der Waals surface area contributed by atoms with Crippen LogP contribution in [0.3, 0.4) is 0 Å². The number of hydrogen-bond donors (Lipinski definition) is 0. The Balaban J connectivity index is 1.03. The zero-order valence-corrected chi connectivity index (χ0v) is 31.2. The van der Waals surface area contributed by atoms with Crippen LogP contribution in [0.4, 0.5) is 0 Å². The molecule has 262 valence electrons. The molecule has 1 aromatic heterocycles. The molecule has 10 aromatic carbocycles. The highest BCUT2D eigenvalue weighted by Crippen LogP contribution is 2.54. The summed E-state index contributed by atoms with van der Waals surface area (Å²) in [5.74, 6) is 0. The lowest BCUT2D eigenvalue weighted by molar-refractivity contribution is 0.668. The van der Waals surface area contributed by atoms with Gasteiger partial charge in [0.2, 0.25) is 0 Å². The standard InChI is InChI=1S/C55H36O/c1-55(2)53-40(20-11-21-45(53)46-29-26-34-13-4-6-15-39(34)54(46)55)35-22-24-36(25-23-35)50-41-16-7-9-18-43(41)51(44-19-10-8-17-42(44)50)37-28-30-48-47(32-37)52-38-14-5-3-12-33(38)27-31-49(52)56-48/h3-32H,1-2H3. The molecule has 1 heterocycles. The third-order valence-corrected chi connectivity index (χ3v) is 12.6. The summed E-state index contributed by atoms with van der Waals surface area (Å²) in [5.41, 5.74) is 14.7. The molecule has 0 radical (unpaired) electrons. The molecule has 1 aliphatic rings. The fourth-order valence-electron chi connectivity index (χ4n) is 10.3. The normalized spacial score (nSPS) is 13.3. The SMILES string of the molecule is CC1(C)c2c(-c3ccc(-c4c5ccccc5c(-c5ccc6oc7ccc8ccccc8c7c6c5)c5ccccc45)cc3)cccc2-c2ccc3ccccc3c21. The molecule has 0 saturated heterocycles. The van der Waals surface area contributed by atoms with Gasteiger partial charge >= 0.3 is 0 Å². The van der Waals surface area contributed by atoms with Crippen molar-refractivity contribution in [2.75, 3.05) is 0 Å². The van der Waals surface area contributed by atoms with Crippen LogP contribution in [0.25, 0.3) is 110 Å². The lowest BCUT2D eigenvalue weighted by Gasteiger charge is -2.26. The van der Waals surface area contributed by atoms with Gasteiger partial charge in [-0.3, -0.25) is 0 Å². The van der Waals surface area contributed by atoms with Crippen molar-refractivity contribution in [1.82, 2.24) is 0 Å². The van der Waals surface area contributed by atoms with Gasteiger partial charge in [0.05, 0.1) is 0 Å². The molecule has 0 amide bonds. The predicted molar refractivity (Wildman–Crippen MR) is 238 cm³/mol. The molecule has 0 N–H and O–H groups in total. The van der Waals surface area contributed by atoms with Crippen molar-refractivity contribution in [3.63, 3.8) is 0 Å². The Morgan fingerprint density at radius 3 is 1.54 bits per heavy atom. The van der Waals surface area contributed by atoms with Crippen LogP contribution in [0.5, 0.6) is 0 Å². The van der Waals surface area contributed by atoms with E-state index >= 15 is 0 Å². The van der Waals surface area contributed by atoms with Crippen LogP contribution < -0.4 is 0 Å². The number of benzene rings is 10. The minimum Gasteiger partial charge on any atom is -0.456 e. The smallest absolute Gasteiger partial charge is 0.136 e. The van der Waals surface area contributed by atoms with Crippen molar-refractivity contribution in [3.8, 4) is 44.5 Å².